The zero-order valence-corrected chi connectivity index (χ0v) is 12.7. The number of nitrogens with zero attached hydrogens (tertiary/aromatic N) is 3. The van der Waals surface area contributed by atoms with E-state index < -0.39 is 23.7 Å². The van der Waals surface area contributed by atoms with E-state index in [1.165, 1.54) is 29.7 Å². The number of halogens is 3. The highest BCUT2D eigenvalue weighted by molar-refractivity contribution is 7.03. The second-order valence-corrected chi connectivity index (χ2v) is 5.76. The highest BCUT2D eigenvalue weighted by Crippen LogP contribution is 2.37. The molecule has 23 heavy (non-hydrogen) atoms. The number of hydrogen-bond acceptors (Lipinski definition) is 5. The van der Waals surface area contributed by atoms with Crippen molar-refractivity contribution in [3.8, 4) is 0 Å². The standard InChI is InChI=1S/C14H13F3N4OS/c15-14(16,17)11-4-2-1-3-10(11)12-13(22)18-5-6-21(12)7-9-8-23-20-19-9/h1-4,8,12H,5-7H2,(H,18,22)/t12-/m0/s1. The van der Waals surface area contributed by atoms with E-state index in [4.69, 9.17) is 0 Å². The summed E-state index contributed by atoms with van der Waals surface area (Å²) in [5.74, 6) is -0.434. The number of hydrogen-bond donors (Lipinski definition) is 1. The van der Waals surface area contributed by atoms with Crippen LogP contribution in [0.4, 0.5) is 13.2 Å². The molecule has 1 N–H and O–H groups in total. The number of benzene rings is 1. The summed E-state index contributed by atoms with van der Waals surface area (Å²) in [6.07, 6.45) is -4.51. The molecule has 1 aliphatic rings. The van der Waals surface area contributed by atoms with Crippen LogP contribution in [0.15, 0.2) is 29.6 Å². The molecular weight excluding hydrogens is 329 g/mol. The van der Waals surface area contributed by atoms with Crippen LogP contribution in [-0.2, 0) is 17.5 Å². The SMILES string of the molecule is O=C1NCCN(Cc2csnn2)[C@H]1c1ccccc1C(F)(F)F. The average molecular weight is 342 g/mol. The fraction of sp³-hybridized carbons (Fsp3) is 0.357. The van der Waals surface area contributed by atoms with E-state index in [1.807, 2.05) is 0 Å². The van der Waals surface area contributed by atoms with E-state index >= 15 is 0 Å². The normalized spacial score (nSPS) is 19.6. The lowest BCUT2D eigenvalue weighted by Gasteiger charge is -2.35. The second-order valence-electron chi connectivity index (χ2n) is 5.15. The van der Waals surface area contributed by atoms with Crippen LogP contribution in [0.3, 0.4) is 0 Å². The molecule has 1 saturated heterocycles. The first-order valence-corrected chi connectivity index (χ1v) is 7.74. The summed E-state index contributed by atoms with van der Waals surface area (Å²) in [6, 6.07) is 4.18. The minimum absolute atomic E-state index is 0.0413. The minimum atomic E-state index is -4.51. The van der Waals surface area contributed by atoms with Gasteiger partial charge in [-0.05, 0) is 23.2 Å². The van der Waals surface area contributed by atoms with Crippen molar-refractivity contribution in [2.75, 3.05) is 13.1 Å². The zero-order valence-electron chi connectivity index (χ0n) is 11.9. The Morgan fingerprint density at radius 3 is 2.83 bits per heavy atom. The van der Waals surface area contributed by atoms with E-state index in [1.54, 1.807) is 10.3 Å². The van der Waals surface area contributed by atoms with Crippen molar-refractivity contribution in [1.82, 2.24) is 19.8 Å². The molecule has 2 heterocycles. The number of carbonyl (C=O) groups is 1. The van der Waals surface area contributed by atoms with Gasteiger partial charge < -0.3 is 5.32 Å². The van der Waals surface area contributed by atoms with Crippen molar-refractivity contribution in [1.29, 1.82) is 0 Å². The number of rotatable bonds is 3. The third-order valence-electron chi connectivity index (χ3n) is 3.64. The summed E-state index contributed by atoms with van der Waals surface area (Å²) < 4.78 is 43.5. The number of piperazine rings is 1. The number of nitrogens with one attached hydrogen (secondary N) is 1. The Morgan fingerprint density at radius 2 is 2.13 bits per heavy atom. The van der Waals surface area contributed by atoms with Crippen LogP contribution in [0.5, 0.6) is 0 Å². The van der Waals surface area contributed by atoms with Gasteiger partial charge in [0.1, 0.15) is 6.04 Å². The molecule has 5 nitrogen and oxygen atoms in total. The van der Waals surface area contributed by atoms with Crippen molar-refractivity contribution in [3.05, 3.63) is 46.5 Å². The quantitative estimate of drug-likeness (QED) is 0.929. The summed E-state index contributed by atoms with van der Waals surface area (Å²) in [6.45, 7) is 1.11. The Balaban J connectivity index is 1.98. The van der Waals surface area contributed by atoms with Crippen LogP contribution in [-0.4, -0.2) is 33.5 Å². The van der Waals surface area contributed by atoms with Gasteiger partial charge in [0.2, 0.25) is 5.91 Å². The molecule has 0 radical (unpaired) electrons. The average Bonchev–Trinajstić information content (AvgIpc) is 3.00. The van der Waals surface area contributed by atoms with Crippen LogP contribution >= 0.6 is 11.5 Å². The molecule has 1 aromatic carbocycles. The summed E-state index contributed by atoms with van der Waals surface area (Å²) >= 11 is 1.17. The lowest BCUT2D eigenvalue weighted by Crippen LogP contribution is -2.50. The number of aromatic nitrogens is 2. The first-order chi connectivity index (χ1) is 11.0. The maximum atomic E-state index is 13.3. The van der Waals surface area contributed by atoms with Crippen LogP contribution < -0.4 is 5.32 Å². The largest absolute Gasteiger partial charge is 0.416 e. The predicted octanol–water partition coefficient (Wildman–Crippen LogP) is 2.23. The number of alkyl halides is 3. The molecule has 0 bridgehead atoms. The van der Waals surface area contributed by atoms with E-state index in [9.17, 15) is 18.0 Å². The van der Waals surface area contributed by atoms with Crippen LogP contribution in [0.2, 0.25) is 0 Å². The first-order valence-electron chi connectivity index (χ1n) is 6.90. The third-order valence-corrected chi connectivity index (χ3v) is 4.20. The number of amides is 1. The fourth-order valence-corrected chi connectivity index (χ4v) is 3.12. The Bertz CT molecular complexity index is 690. The first kappa shape index (κ1) is 15.9. The third kappa shape index (κ3) is 3.35. The smallest absolute Gasteiger partial charge is 0.353 e. The Kier molecular flexibility index (Phi) is 4.31. The van der Waals surface area contributed by atoms with Gasteiger partial charge in [-0.1, -0.05) is 22.7 Å². The fourth-order valence-electron chi connectivity index (χ4n) is 2.68. The van der Waals surface area contributed by atoms with Gasteiger partial charge in [-0.15, -0.1) is 5.10 Å². The molecule has 122 valence electrons. The van der Waals surface area contributed by atoms with Crippen molar-refractivity contribution < 1.29 is 18.0 Å². The number of carbonyl (C=O) groups excluding carboxylic acids is 1. The van der Waals surface area contributed by atoms with Crippen LogP contribution in [0, 0.1) is 0 Å². The predicted molar refractivity (Wildman–Crippen MR) is 77.5 cm³/mol. The summed E-state index contributed by atoms with van der Waals surface area (Å²) in [5.41, 5.74) is -0.192. The van der Waals surface area contributed by atoms with Gasteiger partial charge >= 0.3 is 6.18 Å². The maximum Gasteiger partial charge on any atom is 0.416 e. The van der Waals surface area contributed by atoms with Gasteiger partial charge in [-0.3, -0.25) is 9.69 Å². The van der Waals surface area contributed by atoms with Gasteiger partial charge in [-0.25, -0.2) is 0 Å². The Morgan fingerprint density at radius 1 is 1.35 bits per heavy atom. The van der Waals surface area contributed by atoms with Crippen LogP contribution in [0.1, 0.15) is 22.9 Å². The second kappa shape index (κ2) is 6.25. The van der Waals surface area contributed by atoms with E-state index in [0.29, 0.717) is 18.8 Å². The molecule has 1 aromatic heterocycles. The molecule has 0 unspecified atom stereocenters. The van der Waals surface area contributed by atoms with Crippen LogP contribution in [0.25, 0.3) is 0 Å². The van der Waals surface area contributed by atoms with Crippen molar-refractivity contribution in [2.45, 2.75) is 18.8 Å². The summed E-state index contributed by atoms with van der Waals surface area (Å²) in [7, 11) is 0. The van der Waals surface area contributed by atoms with Gasteiger partial charge in [0.25, 0.3) is 0 Å². The Hall–Kier alpha value is -2.00. The van der Waals surface area contributed by atoms with Gasteiger partial charge in [0.15, 0.2) is 0 Å². The summed E-state index contributed by atoms with van der Waals surface area (Å²) in [5, 5.41) is 8.27. The highest BCUT2D eigenvalue weighted by atomic mass is 32.1. The molecule has 0 saturated carbocycles. The van der Waals surface area contributed by atoms with Crippen molar-refractivity contribution >= 4 is 17.4 Å². The van der Waals surface area contributed by atoms with E-state index in [-0.39, 0.29) is 12.1 Å². The molecule has 1 amide bonds. The lowest BCUT2D eigenvalue weighted by molar-refractivity contribution is -0.140. The molecule has 1 atom stereocenters. The molecule has 9 heteroatoms. The summed E-state index contributed by atoms with van der Waals surface area (Å²) in [4.78, 5) is 14.0. The van der Waals surface area contributed by atoms with Gasteiger partial charge in [0, 0.05) is 25.0 Å². The van der Waals surface area contributed by atoms with Gasteiger partial charge in [0.05, 0.1) is 11.3 Å². The molecule has 3 rings (SSSR count). The molecule has 0 spiro atoms. The van der Waals surface area contributed by atoms with Crippen molar-refractivity contribution in [3.63, 3.8) is 0 Å². The van der Waals surface area contributed by atoms with Gasteiger partial charge in [-0.2, -0.15) is 13.2 Å². The van der Waals surface area contributed by atoms with E-state index in [2.05, 4.69) is 14.9 Å². The highest BCUT2D eigenvalue weighted by Gasteiger charge is 2.40. The molecule has 1 aliphatic heterocycles. The Labute approximate surface area is 134 Å². The minimum Gasteiger partial charge on any atom is -0.353 e. The molecule has 2 aromatic rings. The van der Waals surface area contributed by atoms with E-state index in [0.717, 1.165) is 6.07 Å². The topological polar surface area (TPSA) is 58.1 Å². The molecule has 0 aliphatic carbocycles. The lowest BCUT2D eigenvalue weighted by atomic mass is 9.96. The van der Waals surface area contributed by atoms with Crippen molar-refractivity contribution in [2.24, 2.45) is 0 Å². The zero-order chi connectivity index (χ0) is 16.4. The molecular formula is C14H13F3N4OS. The maximum absolute atomic E-state index is 13.3. The molecule has 1 fully saturated rings. The monoisotopic (exact) mass is 342 g/mol.